The van der Waals surface area contributed by atoms with Crippen LogP contribution in [-0.4, -0.2) is 16.1 Å². The van der Waals surface area contributed by atoms with Crippen molar-refractivity contribution in [2.75, 3.05) is 6.54 Å². The molecule has 3 heteroatoms. The zero-order chi connectivity index (χ0) is 12.5. The smallest absolute Gasteiger partial charge is 0.0991 e. The minimum absolute atomic E-state index is 0.931. The first-order valence-electron chi connectivity index (χ1n) is 6.18. The van der Waals surface area contributed by atoms with E-state index >= 15 is 0 Å². The summed E-state index contributed by atoms with van der Waals surface area (Å²) in [6.07, 6.45) is 5.53. The number of aromatic nitrogens is 2. The molecule has 2 aromatic rings. The predicted octanol–water partition coefficient (Wildman–Crippen LogP) is 3.01. The van der Waals surface area contributed by atoms with Gasteiger partial charge in [0, 0.05) is 24.6 Å². The monoisotopic (exact) mass is 231 g/mol. The normalized spacial score (nSPS) is 9.59. The average molecular weight is 231 g/mol. The van der Waals surface area contributed by atoms with Crippen LogP contribution in [0.4, 0.5) is 0 Å². The molecule has 0 saturated carbocycles. The van der Waals surface area contributed by atoms with E-state index in [2.05, 4.69) is 41.5 Å². The van der Waals surface area contributed by atoms with Crippen LogP contribution in [0.3, 0.4) is 0 Å². The van der Waals surface area contributed by atoms with Crippen LogP contribution in [-0.2, 0) is 6.54 Å². The second kappa shape index (κ2) is 7.63. The topological polar surface area (TPSA) is 29.9 Å². The van der Waals surface area contributed by atoms with E-state index in [1.165, 1.54) is 5.56 Å². The Bertz CT molecular complexity index is 390. The predicted molar refractivity (Wildman–Crippen MR) is 72.3 cm³/mol. The third-order valence-electron chi connectivity index (χ3n) is 2.32. The summed E-state index contributed by atoms with van der Waals surface area (Å²) >= 11 is 0. The van der Waals surface area contributed by atoms with E-state index < -0.39 is 0 Å². The molecule has 3 nitrogen and oxygen atoms in total. The second-order valence-corrected chi connectivity index (χ2v) is 3.42. The number of rotatable bonds is 4. The Morgan fingerprint density at radius 1 is 1.18 bits per heavy atom. The van der Waals surface area contributed by atoms with Gasteiger partial charge < -0.3 is 9.88 Å². The van der Waals surface area contributed by atoms with Crippen molar-refractivity contribution >= 4 is 0 Å². The molecule has 0 aliphatic heterocycles. The maximum Gasteiger partial charge on any atom is 0.0991 e. The SMILES string of the molecule is CC.CCNCc1ccc(-n2ccnc2)cc1. The van der Waals surface area contributed by atoms with Crippen molar-refractivity contribution in [2.24, 2.45) is 0 Å². The van der Waals surface area contributed by atoms with E-state index in [0.29, 0.717) is 0 Å². The van der Waals surface area contributed by atoms with Crippen LogP contribution in [0.5, 0.6) is 0 Å². The fourth-order valence-electron chi connectivity index (χ4n) is 1.47. The first kappa shape index (κ1) is 13.5. The van der Waals surface area contributed by atoms with E-state index in [1.807, 2.05) is 24.6 Å². The van der Waals surface area contributed by atoms with Gasteiger partial charge in [-0.15, -0.1) is 0 Å². The van der Waals surface area contributed by atoms with E-state index in [-0.39, 0.29) is 0 Å². The standard InChI is InChI=1S/C12H15N3.C2H6/c1-2-13-9-11-3-5-12(6-4-11)15-8-7-14-10-15;1-2/h3-8,10,13H,2,9H2,1H3;1-2H3. The highest BCUT2D eigenvalue weighted by Crippen LogP contribution is 2.08. The molecule has 1 N–H and O–H groups in total. The first-order valence-corrected chi connectivity index (χ1v) is 6.18. The van der Waals surface area contributed by atoms with Crippen LogP contribution >= 0.6 is 0 Å². The van der Waals surface area contributed by atoms with Crippen molar-refractivity contribution in [1.29, 1.82) is 0 Å². The lowest BCUT2D eigenvalue weighted by Crippen LogP contribution is -2.11. The molecule has 0 amide bonds. The number of benzene rings is 1. The minimum atomic E-state index is 0.931. The lowest BCUT2D eigenvalue weighted by molar-refractivity contribution is 0.726. The molecule has 0 bridgehead atoms. The molecule has 0 saturated heterocycles. The van der Waals surface area contributed by atoms with Crippen molar-refractivity contribution < 1.29 is 0 Å². The fraction of sp³-hybridized carbons (Fsp3) is 0.357. The molecule has 1 aromatic heterocycles. The molecule has 1 aromatic carbocycles. The highest BCUT2D eigenvalue weighted by molar-refractivity contribution is 5.34. The lowest BCUT2D eigenvalue weighted by Gasteiger charge is -2.04. The molecule has 0 atom stereocenters. The Morgan fingerprint density at radius 3 is 2.41 bits per heavy atom. The molecule has 1 heterocycles. The average Bonchev–Trinajstić information content (AvgIpc) is 2.93. The van der Waals surface area contributed by atoms with Crippen molar-refractivity contribution in [3.05, 3.63) is 48.5 Å². The zero-order valence-electron chi connectivity index (χ0n) is 10.9. The van der Waals surface area contributed by atoms with Gasteiger partial charge in [-0.3, -0.25) is 0 Å². The highest BCUT2D eigenvalue weighted by Gasteiger charge is 1.95. The molecule has 0 unspecified atom stereocenters. The molecule has 0 aliphatic rings. The Hall–Kier alpha value is -1.61. The van der Waals surface area contributed by atoms with Gasteiger partial charge in [0.05, 0.1) is 6.33 Å². The molecule has 0 fully saturated rings. The number of imidazole rings is 1. The van der Waals surface area contributed by atoms with Crippen molar-refractivity contribution in [3.63, 3.8) is 0 Å². The Kier molecular flexibility index (Phi) is 6.04. The van der Waals surface area contributed by atoms with Gasteiger partial charge in [-0.05, 0) is 24.2 Å². The summed E-state index contributed by atoms with van der Waals surface area (Å²) in [4.78, 5) is 4.02. The van der Waals surface area contributed by atoms with Gasteiger partial charge in [-0.1, -0.05) is 32.9 Å². The van der Waals surface area contributed by atoms with Gasteiger partial charge in [0.25, 0.3) is 0 Å². The van der Waals surface area contributed by atoms with Crippen LogP contribution < -0.4 is 5.32 Å². The molecule has 0 radical (unpaired) electrons. The van der Waals surface area contributed by atoms with Crippen molar-refractivity contribution in [3.8, 4) is 5.69 Å². The summed E-state index contributed by atoms with van der Waals surface area (Å²) in [6, 6.07) is 8.48. The minimum Gasteiger partial charge on any atom is -0.313 e. The molecule has 0 aliphatic carbocycles. The molecular formula is C14H21N3. The Morgan fingerprint density at radius 2 is 1.88 bits per heavy atom. The van der Waals surface area contributed by atoms with Crippen LogP contribution in [0.2, 0.25) is 0 Å². The van der Waals surface area contributed by atoms with Crippen molar-refractivity contribution in [1.82, 2.24) is 14.9 Å². The zero-order valence-corrected chi connectivity index (χ0v) is 10.9. The summed E-state index contributed by atoms with van der Waals surface area (Å²) in [5, 5.41) is 3.30. The molecule has 2 rings (SSSR count). The van der Waals surface area contributed by atoms with E-state index in [9.17, 15) is 0 Å². The molecule has 92 valence electrons. The number of hydrogen-bond acceptors (Lipinski definition) is 2. The Labute approximate surface area is 104 Å². The summed E-state index contributed by atoms with van der Waals surface area (Å²) in [6.45, 7) is 8.05. The van der Waals surface area contributed by atoms with Crippen LogP contribution in [0.25, 0.3) is 5.69 Å². The summed E-state index contributed by atoms with van der Waals surface area (Å²) < 4.78 is 2.00. The second-order valence-electron chi connectivity index (χ2n) is 3.42. The van der Waals surface area contributed by atoms with E-state index in [4.69, 9.17) is 0 Å². The van der Waals surface area contributed by atoms with Crippen LogP contribution in [0, 0.1) is 0 Å². The van der Waals surface area contributed by atoms with Gasteiger partial charge in [0.2, 0.25) is 0 Å². The van der Waals surface area contributed by atoms with Gasteiger partial charge >= 0.3 is 0 Å². The van der Waals surface area contributed by atoms with Crippen molar-refractivity contribution in [2.45, 2.75) is 27.3 Å². The summed E-state index contributed by atoms with van der Waals surface area (Å²) in [5.74, 6) is 0. The highest BCUT2D eigenvalue weighted by atomic mass is 15.0. The third-order valence-corrected chi connectivity index (χ3v) is 2.32. The van der Waals surface area contributed by atoms with Gasteiger partial charge in [-0.25, -0.2) is 4.98 Å². The molecule has 0 spiro atoms. The maximum atomic E-state index is 4.02. The largest absolute Gasteiger partial charge is 0.313 e. The number of hydrogen-bond donors (Lipinski definition) is 1. The van der Waals surface area contributed by atoms with Gasteiger partial charge in [0.1, 0.15) is 0 Å². The maximum absolute atomic E-state index is 4.02. The summed E-state index contributed by atoms with van der Waals surface area (Å²) in [7, 11) is 0. The quantitative estimate of drug-likeness (QED) is 0.876. The van der Waals surface area contributed by atoms with E-state index in [0.717, 1.165) is 18.8 Å². The Balaban J connectivity index is 0.000000686. The van der Waals surface area contributed by atoms with Crippen LogP contribution in [0.15, 0.2) is 43.0 Å². The van der Waals surface area contributed by atoms with Crippen LogP contribution in [0.1, 0.15) is 26.3 Å². The number of nitrogens with zero attached hydrogens (tertiary/aromatic N) is 2. The third kappa shape index (κ3) is 4.04. The molecular weight excluding hydrogens is 210 g/mol. The lowest BCUT2D eigenvalue weighted by atomic mass is 10.2. The first-order chi connectivity index (χ1) is 8.40. The molecule has 17 heavy (non-hydrogen) atoms. The number of nitrogens with one attached hydrogen (secondary N) is 1. The van der Waals surface area contributed by atoms with E-state index in [1.54, 1.807) is 12.5 Å². The summed E-state index contributed by atoms with van der Waals surface area (Å²) in [5.41, 5.74) is 2.45. The van der Waals surface area contributed by atoms with Gasteiger partial charge in [-0.2, -0.15) is 0 Å². The van der Waals surface area contributed by atoms with Gasteiger partial charge in [0.15, 0.2) is 0 Å². The fourth-order valence-corrected chi connectivity index (χ4v) is 1.47.